The molecule has 3 heterocycles. The van der Waals surface area contributed by atoms with Crippen LogP contribution in [0.4, 0.5) is 0 Å². The monoisotopic (exact) mass is 378 g/mol. The van der Waals surface area contributed by atoms with Crippen LogP contribution in [0, 0.1) is 0 Å². The van der Waals surface area contributed by atoms with Crippen LogP contribution in [0.2, 0.25) is 0 Å². The molecule has 0 aliphatic carbocycles. The molecular weight excluding hydrogens is 352 g/mol. The molecule has 3 aromatic rings. The van der Waals surface area contributed by atoms with E-state index in [1.54, 1.807) is 0 Å². The van der Waals surface area contributed by atoms with E-state index >= 15 is 0 Å². The summed E-state index contributed by atoms with van der Waals surface area (Å²) in [5, 5.41) is 16.0. The SMILES string of the molecule is O=C(CCc1cnn(-c2ccccc2)c1)NCCc1nnc2n1CCCCC2. The van der Waals surface area contributed by atoms with Gasteiger partial charge in [0.2, 0.25) is 5.91 Å². The third-order valence-corrected chi connectivity index (χ3v) is 5.15. The number of fused-ring (bicyclic) bond motifs is 1. The first kappa shape index (κ1) is 18.4. The number of carbonyl (C=O) groups excluding carboxylic acids is 1. The van der Waals surface area contributed by atoms with Crippen LogP contribution in [0.15, 0.2) is 42.7 Å². The van der Waals surface area contributed by atoms with E-state index < -0.39 is 0 Å². The first-order valence-electron chi connectivity index (χ1n) is 10.1. The van der Waals surface area contributed by atoms with Crippen molar-refractivity contribution in [1.82, 2.24) is 29.9 Å². The van der Waals surface area contributed by atoms with E-state index in [1.165, 1.54) is 19.3 Å². The summed E-state index contributed by atoms with van der Waals surface area (Å²) < 4.78 is 4.07. The lowest BCUT2D eigenvalue weighted by atomic mass is 10.2. The second-order valence-electron chi connectivity index (χ2n) is 7.22. The summed E-state index contributed by atoms with van der Waals surface area (Å²) in [5.41, 5.74) is 2.08. The molecule has 2 aromatic heterocycles. The number of para-hydroxylation sites is 1. The minimum absolute atomic E-state index is 0.0584. The third-order valence-electron chi connectivity index (χ3n) is 5.15. The first-order valence-corrected chi connectivity index (χ1v) is 10.1. The molecular formula is C21H26N6O. The number of rotatable bonds is 7. The molecule has 1 aliphatic heterocycles. The quantitative estimate of drug-likeness (QED) is 0.685. The molecule has 0 atom stereocenters. The van der Waals surface area contributed by atoms with Gasteiger partial charge in [0, 0.05) is 38.5 Å². The van der Waals surface area contributed by atoms with Crippen molar-refractivity contribution in [2.45, 2.75) is 51.5 Å². The third kappa shape index (κ3) is 4.47. The molecule has 0 saturated carbocycles. The van der Waals surface area contributed by atoms with Gasteiger partial charge in [0.15, 0.2) is 0 Å². The molecule has 1 amide bonds. The van der Waals surface area contributed by atoms with Crippen LogP contribution >= 0.6 is 0 Å². The van der Waals surface area contributed by atoms with E-state index in [-0.39, 0.29) is 5.91 Å². The number of amides is 1. The molecule has 0 fully saturated rings. The topological polar surface area (TPSA) is 77.6 Å². The molecule has 1 aromatic carbocycles. The molecule has 0 radical (unpaired) electrons. The number of aromatic nitrogens is 5. The average molecular weight is 378 g/mol. The van der Waals surface area contributed by atoms with Gasteiger partial charge in [0.1, 0.15) is 11.6 Å². The van der Waals surface area contributed by atoms with Crippen molar-refractivity contribution < 1.29 is 4.79 Å². The number of hydrogen-bond donors (Lipinski definition) is 1. The molecule has 7 heteroatoms. The highest BCUT2D eigenvalue weighted by molar-refractivity contribution is 5.76. The van der Waals surface area contributed by atoms with Gasteiger partial charge in [0.25, 0.3) is 0 Å². The van der Waals surface area contributed by atoms with Gasteiger partial charge in [-0.2, -0.15) is 5.10 Å². The summed E-state index contributed by atoms with van der Waals surface area (Å²) in [6.45, 7) is 1.59. The predicted octanol–water partition coefficient (Wildman–Crippen LogP) is 2.48. The Labute approximate surface area is 164 Å². The van der Waals surface area contributed by atoms with E-state index in [0.29, 0.717) is 19.4 Å². The van der Waals surface area contributed by atoms with Crippen LogP contribution in [-0.2, 0) is 30.6 Å². The maximum Gasteiger partial charge on any atom is 0.220 e. The fraction of sp³-hybridized carbons (Fsp3) is 0.429. The van der Waals surface area contributed by atoms with Crippen molar-refractivity contribution >= 4 is 5.91 Å². The van der Waals surface area contributed by atoms with Crippen LogP contribution < -0.4 is 5.32 Å². The Hall–Kier alpha value is -2.96. The highest BCUT2D eigenvalue weighted by atomic mass is 16.1. The number of aryl methyl sites for hydroxylation is 2. The zero-order chi connectivity index (χ0) is 19.2. The van der Waals surface area contributed by atoms with Gasteiger partial charge in [0.05, 0.1) is 11.9 Å². The predicted molar refractivity (Wildman–Crippen MR) is 106 cm³/mol. The number of hydrogen-bond acceptors (Lipinski definition) is 4. The zero-order valence-corrected chi connectivity index (χ0v) is 16.0. The largest absolute Gasteiger partial charge is 0.356 e. The first-order chi connectivity index (χ1) is 13.8. The Morgan fingerprint density at radius 3 is 2.86 bits per heavy atom. The lowest BCUT2D eigenvalue weighted by molar-refractivity contribution is -0.121. The fourth-order valence-electron chi connectivity index (χ4n) is 3.60. The highest BCUT2D eigenvalue weighted by Crippen LogP contribution is 2.14. The summed E-state index contributed by atoms with van der Waals surface area (Å²) in [5.74, 6) is 2.14. The van der Waals surface area contributed by atoms with E-state index in [9.17, 15) is 4.79 Å². The molecule has 0 saturated heterocycles. The molecule has 7 nitrogen and oxygen atoms in total. The maximum atomic E-state index is 12.2. The number of carbonyl (C=O) groups is 1. The summed E-state index contributed by atoms with van der Waals surface area (Å²) in [7, 11) is 0. The standard InChI is InChI=1S/C21H26N6O/c28-21(11-10-17-15-23-27(16-17)18-7-3-1-4-8-18)22-13-12-20-25-24-19-9-5-2-6-14-26(19)20/h1,3-4,7-8,15-16H,2,5-6,9-14H2,(H,22,28). The van der Waals surface area contributed by atoms with Crippen LogP contribution in [0.5, 0.6) is 0 Å². The van der Waals surface area contributed by atoms with Crippen LogP contribution in [-0.4, -0.2) is 37.0 Å². The van der Waals surface area contributed by atoms with Gasteiger partial charge < -0.3 is 9.88 Å². The Bertz CT molecular complexity index is 914. The Morgan fingerprint density at radius 2 is 1.96 bits per heavy atom. The molecule has 1 N–H and O–H groups in total. The van der Waals surface area contributed by atoms with Gasteiger partial charge in [-0.15, -0.1) is 10.2 Å². The Balaban J connectivity index is 1.22. The van der Waals surface area contributed by atoms with E-state index in [2.05, 4.69) is 25.2 Å². The number of nitrogens with zero attached hydrogens (tertiary/aromatic N) is 5. The van der Waals surface area contributed by atoms with E-state index in [0.717, 1.165) is 42.3 Å². The number of benzene rings is 1. The minimum Gasteiger partial charge on any atom is -0.356 e. The van der Waals surface area contributed by atoms with Crippen LogP contribution in [0.3, 0.4) is 0 Å². The van der Waals surface area contributed by atoms with Crippen molar-refractivity contribution in [3.8, 4) is 5.69 Å². The van der Waals surface area contributed by atoms with Gasteiger partial charge in [-0.05, 0) is 37.0 Å². The second kappa shape index (κ2) is 8.82. The van der Waals surface area contributed by atoms with Crippen molar-refractivity contribution in [2.75, 3.05) is 6.54 Å². The van der Waals surface area contributed by atoms with E-state index in [1.807, 2.05) is 47.4 Å². The van der Waals surface area contributed by atoms with Gasteiger partial charge in [-0.1, -0.05) is 24.6 Å². The van der Waals surface area contributed by atoms with Crippen molar-refractivity contribution in [3.63, 3.8) is 0 Å². The highest BCUT2D eigenvalue weighted by Gasteiger charge is 2.14. The van der Waals surface area contributed by atoms with Gasteiger partial charge in [-0.25, -0.2) is 4.68 Å². The van der Waals surface area contributed by atoms with E-state index in [4.69, 9.17) is 0 Å². The van der Waals surface area contributed by atoms with Gasteiger partial charge in [-0.3, -0.25) is 4.79 Å². The number of nitrogens with one attached hydrogen (secondary N) is 1. The fourth-order valence-corrected chi connectivity index (χ4v) is 3.60. The smallest absolute Gasteiger partial charge is 0.220 e. The van der Waals surface area contributed by atoms with Crippen molar-refractivity contribution in [1.29, 1.82) is 0 Å². The lowest BCUT2D eigenvalue weighted by Gasteiger charge is -2.08. The molecule has 4 rings (SSSR count). The van der Waals surface area contributed by atoms with Crippen molar-refractivity contribution in [3.05, 3.63) is 59.9 Å². The lowest BCUT2D eigenvalue weighted by Crippen LogP contribution is -2.26. The molecule has 0 spiro atoms. The van der Waals surface area contributed by atoms with Gasteiger partial charge >= 0.3 is 0 Å². The second-order valence-corrected chi connectivity index (χ2v) is 7.22. The maximum absolute atomic E-state index is 12.2. The molecule has 0 bridgehead atoms. The zero-order valence-electron chi connectivity index (χ0n) is 16.0. The average Bonchev–Trinajstić information content (AvgIpc) is 3.28. The summed E-state index contributed by atoms with van der Waals surface area (Å²) in [4.78, 5) is 12.2. The molecule has 1 aliphatic rings. The Kier molecular flexibility index (Phi) is 5.80. The summed E-state index contributed by atoms with van der Waals surface area (Å²) in [6.07, 6.45) is 10.3. The Morgan fingerprint density at radius 1 is 1.07 bits per heavy atom. The molecule has 146 valence electrons. The minimum atomic E-state index is 0.0584. The molecule has 28 heavy (non-hydrogen) atoms. The van der Waals surface area contributed by atoms with Crippen LogP contribution in [0.1, 0.15) is 42.9 Å². The van der Waals surface area contributed by atoms with Crippen LogP contribution in [0.25, 0.3) is 5.69 Å². The molecule has 0 unspecified atom stereocenters. The van der Waals surface area contributed by atoms with Crippen molar-refractivity contribution in [2.24, 2.45) is 0 Å². The normalized spacial score (nSPS) is 13.7. The summed E-state index contributed by atoms with van der Waals surface area (Å²) in [6, 6.07) is 9.97. The summed E-state index contributed by atoms with van der Waals surface area (Å²) >= 11 is 0.